The number of hydrogen-bond donors (Lipinski definition) is 1. The highest BCUT2D eigenvalue weighted by Gasteiger charge is 2.39. The molecule has 1 amide bonds. The van der Waals surface area contributed by atoms with Gasteiger partial charge in [0, 0.05) is 19.0 Å². The average Bonchev–Trinajstić information content (AvgIpc) is 3.11. The molecule has 3 atom stereocenters. The standard InChI is InChI=1S/C18H27N3O4/c1-11(2)15-19-16(25-20-15)12-6-5-9-21(10-12)17(22)13-7-3-4-8-14(13)18(23)24/h11-14H,3-10H2,1-2H3,(H,23,24)/t12-,13+,14-/m1/s1. The minimum atomic E-state index is -0.843. The number of aromatic nitrogens is 2. The van der Waals surface area contributed by atoms with Crippen molar-refractivity contribution < 1.29 is 19.2 Å². The number of aliphatic carboxylic acids is 1. The first-order valence-corrected chi connectivity index (χ1v) is 9.32. The molecule has 2 heterocycles. The Kier molecular flexibility index (Phi) is 5.39. The van der Waals surface area contributed by atoms with Gasteiger partial charge in [-0.3, -0.25) is 9.59 Å². The minimum absolute atomic E-state index is 0.0135. The highest BCUT2D eigenvalue weighted by molar-refractivity contribution is 5.85. The summed E-state index contributed by atoms with van der Waals surface area (Å²) in [5.41, 5.74) is 0. The third-order valence-corrected chi connectivity index (χ3v) is 5.46. The van der Waals surface area contributed by atoms with Crippen LogP contribution in [0.2, 0.25) is 0 Å². The van der Waals surface area contributed by atoms with Crippen LogP contribution in [0.3, 0.4) is 0 Å². The molecule has 25 heavy (non-hydrogen) atoms. The zero-order chi connectivity index (χ0) is 18.0. The van der Waals surface area contributed by atoms with Gasteiger partial charge in [-0.15, -0.1) is 0 Å². The van der Waals surface area contributed by atoms with Gasteiger partial charge in [-0.1, -0.05) is 31.8 Å². The smallest absolute Gasteiger partial charge is 0.307 e. The second kappa shape index (κ2) is 7.54. The molecule has 1 saturated heterocycles. The Morgan fingerprint density at radius 3 is 2.52 bits per heavy atom. The molecule has 1 saturated carbocycles. The number of amides is 1. The number of carbonyl (C=O) groups excluding carboxylic acids is 1. The van der Waals surface area contributed by atoms with Gasteiger partial charge in [-0.2, -0.15) is 4.98 Å². The fraction of sp³-hybridized carbons (Fsp3) is 0.778. The largest absolute Gasteiger partial charge is 0.481 e. The molecule has 138 valence electrons. The number of likely N-dealkylation sites (tertiary alicyclic amines) is 1. The van der Waals surface area contributed by atoms with Gasteiger partial charge in [0.1, 0.15) is 0 Å². The van der Waals surface area contributed by atoms with E-state index in [9.17, 15) is 14.7 Å². The third-order valence-electron chi connectivity index (χ3n) is 5.46. The summed E-state index contributed by atoms with van der Waals surface area (Å²) in [6, 6.07) is 0. The topological polar surface area (TPSA) is 96.5 Å². The van der Waals surface area contributed by atoms with Crippen molar-refractivity contribution in [1.29, 1.82) is 0 Å². The third kappa shape index (κ3) is 3.85. The molecular weight excluding hydrogens is 322 g/mol. The van der Waals surface area contributed by atoms with Gasteiger partial charge in [0.05, 0.1) is 17.8 Å². The van der Waals surface area contributed by atoms with Crippen LogP contribution in [0.4, 0.5) is 0 Å². The quantitative estimate of drug-likeness (QED) is 0.898. The molecule has 0 radical (unpaired) electrons. The number of hydrogen-bond acceptors (Lipinski definition) is 5. The monoisotopic (exact) mass is 349 g/mol. The van der Waals surface area contributed by atoms with Gasteiger partial charge in [0.15, 0.2) is 5.82 Å². The lowest BCUT2D eigenvalue weighted by atomic mass is 9.78. The zero-order valence-corrected chi connectivity index (χ0v) is 15.0. The molecule has 1 aromatic heterocycles. The number of carbonyl (C=O) groups is 2. The van der Waals surface area contributed by atoms with E-state index < -0.39 is 11.9 Å². The number of nitrogens with zero attached hydrogens (tertiary/aromatic N) is 3. The predicted molar refractivity (Wildman–Crippen MR) is 90.0 cm³/mol. The van der Waals surface area contributed by atoms with Crippen molar-refractivity contribution in [2.75, 3.05) is 13.1 Å². The Morgan fingerprint density at radius 2 is 1.88 bits per heavy atom. The summed E-state index contributed by atoms with van der Waals surface area (Å²) in [6.07, 6.45) is 4.89. The SMILES string of the molecule is CC(C)c1noc([C@@H]2CCCN(C(=O)[C@H]3CCCC[C@H]3C(=O)O)C2)n1. The summed E-state index contributed by atoms with van der Waals surface area (Å²) in [6.45, 7) is 5.26. The van der Waals surface area contributed by atoms with Gasteiger partial charge >= 0.3 is 5.97 Å². The van der Waals surface area contributed by atoms with Crippen LogP contribution in [0.5, 0.6) is 0 Å². The summed E-state index contributed by atoms with van der Waals surface area (Å²) < 4.78 is 5.41. The fourth-order valence-electron chi connectivity index (χ4n) is 3.98. The first-order valence-electron chi connectivity index (χ1n) is 9.32. The molecular formula is C18H27N3O4. The minimum Gasteiger partial charge on any atom is -0.481 e. The summed E-state index contributed by atoms with van der Waals surface area (Å²) in [7, 11) is 0. The molecule has 0 aromatic carbocycles. The van der Waals surface area contributed by atoms with E-state index in [2.05, 4.69) is 10.1 Å². The van der Waals surface area contributed by atoms with Crippen LogP contribution >= 0.6 is 0 Å². The highest BCUT2D eigenvalue weighted by Crippen LogP contribution is 2.34. The van der Waals surface area contributed by atoms with Crippen molar-refractivity contribution in [2.24, 2.45) is 11.8 Å². The van der Waals surface area contributed by atoms with E-state index in [1.54, 1.807) is 0 Å². The predicted octanol–water partition coefficient (Wildman–Crippen LogP) is 2.79. The molecule has 0 bridgehead atoms. The van der Waals surface area contributed by atoms with E-state index in [1.807, 2.05) is 18.7 Å². The lowest BCUT2D eigenvalue weighted by molar-refractivity contribution is -0.152. The van der Waals surface area contributed by atoms with Gasteiger partial charge in [-0.25, -0.2) is 0 Å². The maximum Gasteiger partial charge on any atom is 0.307 e. The molecule has 2 aliphatic rings. The van der Waals surface area contributed by atoms with E-state index in [-0.39, 0.29) is 23.7 Å². The lowest BCUT2D eigenvalue weighted by Crippen LogP contribution is -2.46. The van der Waals surface area contributed by atoms with Crippen molar-refractivity contribution in [3.63, 3.8) is 0 Å². The van der Waals surface area contributed by atoms with Gasteiger partial charge in [0.25, 0.3) is 0 Å². The average molecular weight is 349 g/mol. The van der Waals surface area contributed by atoms with Crippen molar-refractivity contribution >= 4 is 11.9 Å². The van der Waals surface area contributed by atoms with Crippen LogP contribution in [-0.4, -0.2) is 45.1 Å². The molecule has 0 spiro atoms. The molecule has 1 aliphatic heterocycles. The van der Waals surface area contributed by atoms with Crippen molar-refractivity contribution in [3.8, 4) is 0 Å². The summed E-state index contributed by atoms with van der Waals surface area (Å²) in [4.78, 5) is 30.7. The van der Waals surface area contributed by atoms with Crippen LogP contribution in [0.25, 0.3) is 0 Å². The Bertz CT molecular complexity index is 628. The first kappa shape index (κ1) is 17.9. The second-order valence-corrected chi connectivity index (χ2v) is 7.60. The lowest BCUT2D eigenvalue weighted by Gasteiger charge is -2.36. The van der Waals surface area contributed by atoms with Gasteiger partial charge < -0.3 is 14.5 Å². The van der Waals surface area contributed by atoms with E-state index in [0.717, 1.165) is 25.7 Å². The normalized spacial score (nSPS) is 27.5. The molecule has 1 N–H and O–H groups in total. The molecule has 2 fully saturated rings. The Morgan fingerprint density at radius 1 is 1.16 bits per heavy atom. The van der Waals surface area contributed by atoms with E-state index in [1.165, 1.54) is 0 Å². The highest BCUT2D eigenvalue weighted by atomic mass is 16.5. The van der Waals surface area contributed by atoms with Crippen LogP contribution in [0.1, 0.15) is 75.9 Å². The molecule has 7 heteroatoms. The Labute approximate surface area is 147 Å². The van der Waals surface area contributed by atoms with Crippen molar-refractivity contribution in [3.05, 3.63) is 11.7 Å². The van der Waals surface area contributed by atoms with E-state index in [0.29, 0.717) is 37.6 Å². The molecule has 1 aliphatic carbocycles. The summed E-state index contributed by atoms with van der Waals surface area (Å²) >= 11 is 0. The molecule has 7 nitrogen and oxygen atoms in total. The number of carboxylic acids is 1. The van der Waals surface area contributed by atoms with Crippen LogP contribution in [0.15, 0.2) is 4.52 Å². The Balaban J connectivity index is 1.69. The maximum absolute atomic E-state index is 13.0. The maximum atomic E-state index is 13.0. The van der Waals surface area contributed by atoms with E-state index in [4.69, 9.17) is 4.52 Å². The Hall–Kier alpha value is -1.92. The molecule has 1 aromatic rings. The first-order chi connectivity index (χ1) is 12.0. The van der Waals surface area contributed by atoms with Crippen LogP contribution < -0.4 is 0 Å². The molecule has 3 rings (SSSR count). The van der Waals surface area contributed by atoms with E-state index >= 15 is 0 Å². The molecule has 0 unspecified atom stereocenters. The zero-order valence-electron chi connectivity index (χ0n) is 15.0. The van der Waals surface area contributed by atoms with Crippen molar-refractivity contribution in [2.45, 2.75) is 64.2 Å². The van der Waals surface area contributed by atoms with Gasteiger partial charge in [-0.05, 0) is 25.7 Å². The number of carboxylic acid groups (broad SMARTS) is 1. The van der Waals surface area contributed by atoms with Crippen molar-refractivity contribution in [1.82, 2.24) is 15.0 Å². The number of piperidine rings is 1. The summed E-state index contributed by atoms with van der Waals surface area (Å²) in [5, 5.41) is 13.5. The fourth-order valence-corrected chi connectivity index (χ4v) is 3.98. The second-order valence-electron chi connectivity index (χ2n) is 7.60. The van der Waals surface area contributed by atoms with Crippen LogP contribution in [0, 0.1) is 11.8 Å². The summed E-state index contributed by atoms with van der Waals surface area (Å²) in [5.74, 6) is -0.250. The number of rotatable bonds is 4. The van der Waals surface area contributed by atoms with Gasteiger partial charge in [0.2, 0.25) is 11.8 Å². The van der Waals surface area contributed by atoms with Crippen LogP contribution in [-0.2, 0) is 9.59 Å².